The average Bonchev–Trinajstić information content (AvgIpc) is 2.13. The lowest BCUT2D eigenvalue weighted by Gasteiger charge is -2.09. The first-order valence-corrected chi connectivity index (χ1v) is 4.44. The predicted octanol–water partition coefficient (Wildman–Crippen LogP) is 2.62. The van der Waals surface area contributed by atoms with Gasteiger partial charge in [0, 0.05) is 12.0 Å². The number of carbonyl (C=O) groups excluding carboxylic acids is 1. The molecule has 0 saturated heterocycles. The van der Waals surface area contributed by atoms with E-state index in [-0.39, 0.29) is 17.2 Å². The number of hydrogen-bond acceptors (Lipinski definition) is 2. The normalized spacial score (nSPS) is 10.0. The van der Waals surface area contributed by atoms with Gasteiger partial charge in [-0.2, -0.15) is 0 Å². The molecule has 0 saturated carbocycles. The first-order chi connectivity index (χ1) is 6.56. The van der Waals surface area contributed by atoms with Gasteiger partial charge in [-0.25, -0.2) is 4.39 Å². The summed E-state index contributed by atoms with van der Waals surface area (Å²) in [5.41, 5.74) is 0.404. The largest absolute Gasteiger partial charge is 0.496 e. The molecular formula is C10H10ClFO2. The third-order valence-corrected chi connectivity index (χ3v) is 2.21. The van der Waals surface area contributed by atoms with Crippen LogP contribution in [0.4, 0.5) is 4.39 Å². The van der Waals surface area contributed by atoms with Gasteiger partial charge in [-0.3, -0.25) is 4.79 Å². The third-order valence-electron chi connectivity index (χ3n) is 1.80. The highest BCUT2D eigenvalue weighted by Gasteiger charge is 2.13. The van der Waals surface area contributed by atoms with Crippen LogP contribution in [-0.4, -0.2) is 12.9 Å². The molecule has 76 valence electrons. The standard InChI is InChI=1S/C10H10ClFO2/c1-6(13)5-7-9(14-2)4-3-8(12)10(7)11/h3-4H,5H2,1-2H3. The van der Waals surface area contributed by atoms with Gasteiger partial charge >= 0.3 is 0 Å². The summed E-state index contributed by atoms with van der Waals surface area (Å²) >= 11 is 5.71. The van der Waals surface area contributed by atoms with Gasteiger partial charge in [-0.15, -0.1) is 0 Å². The van der Waals surface area contributed by atoms with E-state index in [1.54, 1.807) is 0 Å². The van der Waals surface area contributed by atoms with E-state index < -0.39 is 5.82 Å². The Morgan fingerprint density at radius 3 is 2.71 bits per heavy atom. The number of rotatable bonds is 3. The molecule has 0 amide bonds. The van der Waals surface area contributed by atoms with Crippen LogP contribution in [0.2, 0.25) is 5.02 Å². The highest BCUT2D eigenvalue weighted by Crippen LogP contribution is 2.29. The first-order valence-electron chi connectivity index (χ1n) is 4.06. The molecule has 4 heteroatoms. The SMILES string of the molecule is COc1ccc(F)c(Cl)c1CC(C)=O. The molecule has 0 unspecified atom stereocenters. The first kappa shape index (κ1) is 11.0. The van der Waals surface area contributed by atoms with Crippen LogP contribution >= 0.6 is 11.6 Å². The molecule has 0 heterocycles. The molecule has 1 aromatic carbocycles. The highest BCUT2D eigenvalue weighted by molar-refractivity contribution is 6.31. The zero-order chi connectivity index (χ0) is 10.7. The van der Waals surface area contributed by atoms with Crippen LogP contribution in [0.25, 0.3) is 0 Å². The number of hydrogen-bond donors (Lipinski definition) is 0. The molecule has 1 rings (SSSR count). The second-order valence-corrected chi connectivity index (χ2v) is 3.30. The van der Waals surface area contributed by atoms with E-state index in [4.69, 9.17) is 16.3 Å². The summed E-state index contributed by atoms with van der Waals surface area (Å²) in [7, 11) is 1.45. The number of ether oxygens (including phenoxy) is 1. The summed E-state index contributed by atoms with van der Waals surface area (Å²) in [6, 6.07) is 2.67. The minimum Gasteiger partial charge on any atom is -0.496 e. The van der Waals surface area contributed by atoms with Crippen molar-refractivity contribution in [2.75, 3.05) is 7.11 Å². The summed E-state index contributed by atoms with van der Waals surface area (Å²) < 4.78 is 18.0. The van der Waals surface area contributed by atoms with Crippen LogP contribution in [0.1, 0.15) is 12.5 Å². The Kier molecular flexibility index (Phi) is 3.47. The zero-order valence-electron chi connectivity index (χ0n) is 7.93. The number of ketones is 1. The Morgan fingerprint density at radius 1 is 1.57 bits per heavy atom. The molecule has 0 aliphatic carbocycles. The second-order valence-electron chi connectivity index (χ2n) is 2.92. The lowest BCUT2D eigenvalue weighted by atomic mass is 10.1. The molecule has 0 aliphatic rings. The van der Waals surface area contributed by atoms with Crippen molar-refractivity contribution in [3.8, 4) is 5.75 Å². The summed E-state index contributed by atoms with van der Waals surface area (Å²) in [4.78, 5) is 10.9. The van der Waals surface area contributed by atoms with E-state index in [2.05, 4.69) is 0 Å². The molecule has 0 atom stereocenters. The molecule has 0 bridgehead atoms. The Balaban J connectivity index is 3.20. The van der Waals surface area contributed by atoms with Crippen molar-refractivity contribution >= 4 is 17.4 Å². The molecule has 0 aromatic heterocycles. The van der Waals surface area contributed by atoms with Gasteiger partial charge in [0.05, 0.1) is 12.1 Å². The van der Waals surface area contributed by atoms with Crippen molar-refractivity contribution in [1.29, 1.82) is 0 Å². The summed E-state index contributed by atoms with van der Waals surface area (Å²) in [6.45, 7) is 1.42. The fourth-order valence-corrected chi connectivity index (χ4v) is 1.40. The smallest absolute Gasteiger partial charge is 0.142 e. The molecule has 0 N–H and O–H groups in total. The van der Waals surface area contributed by atoms with Gasteiger partial charge in [0.1, 0.15) is 17.3 Å². The number of halogens is 2. The van der Waals surface area contributed by atoms with Crippen molar-refractivity contribution in [3.05, 3.63) is 28.5 Å². The number of carbonyl (C=O) groups is 1. The minimum absolute atomic E-state index is 0.0421. The van der Waals surface area contributed by atoms with E-state index in [0.717, 1.165) is 0 Å². The summed E-state index contributed by atoms with van der Waals surface area (Å²) in [5.74, 6) is -0.189. The van der Waals surface area contributed by atoms with Crippen LogP contribution in [0.3, 0.4) is 0 Å². The van der Waals surface area contributed by atoms with E-state index in [1.807, 2.05) is 0 Å². The Morgan fingerprint density at radius 2 is 2.21 bits per heavy atom. The molecule has 0 spiro atoms. The maximum absolute atomic E-state index is 13.0. The Hall–Kier alpha value is -1.09. The number of methoxy groups -OCH3 is 1. The van der Waals surface area contributed by atoms with Crippen molar-refractivity contribution in [2.45, 2.75) is 13.3 Å². The molecule has 0 fully saturated rings. The van der Waals surface area contributed by atoms with Crippen molar-refractivity contribution in [2.24, 2.45) is 0 Å². The van der Waals surface area contributed by atoms with Gasteiger partial charge in [0.15, 0.2) is 0 Å². The van der Waals surface area contributed by atoms with Crippen LogP contribution in [-0.2, 0) is 11.2 Å². The van der Waals surface area contributed by atoms with Gasteiger partial charge in [0.2, 0.25) is 0 Å². The van der Waals surface area contributed by atoms with Crippen LogP contribution in [0, 0.1) is 5.82 Å². The summed E-state index contributed by atoms with van der Waals surface area (Å²) in [6.07, 6.45) is 0.0831. The van der Waals surface area contributed by atoms with E-state index >= 15 is 0 Å². The van der Waals surface area contributed by atoms with Crippen LogP contribution in [0.5, 0.6) is 5.75 Å². The lowest BCUT2D eigenvalue weighted by molar-refractivity contribution is -0.116. The molecule has 1 aromatic rings. The van der Waals surface area contributed by atoms with Crippen LogP contribution in [0.15, 0.2) is 12.1 Å². The number of benzene rings is 1. The van der Waals surface area contributed by atoms with E-state index in [1.165, 1.54) is 26.2 Å². The molecule has 2 nitrogen and oxygen atoms in total. The van der Waals surface area contributed by atoms with Crippen molar-refractivity contribution in [1.82, 2.24) is 0 Å². The maximum Gasteiger partial charge on any atom is 0.142 e. The topological polar surface area (TPSA) is 26.3 Å². The monoisotopic (exact) mass is 216 g/mol. The van der Waals surface area contributed by atoms with E-state index in [9.17, 15) is 9.18 Å². The maximum atomic E-state index is 13.0. The highest BCUT2D eigenvalue weighted by atomic mass is 35.5. The molecule has 14 heavy (non-hydrogen) atoms. The van der Waals surface area contributed by atoms with Gasteiger partial charge in [0.25, 0.3) is 0 Å². The molecule has 0 radical (unpaired) electrons. The van der Waals surface area contributed by atoms with Crippen LogP contribution < -0.4 is 4.74 Å². The van der Waals surface area contributed by atoms with Gasteiger partial charge < -0.3 is 4.74 Å². The molecular weight excluding hydrogens is 207 g/mol. The van der Waals surface area contributed by atoms with Crippen molar-refractivity contribution < 1.29 is 13.9 Å². The fraction of sp³-hybridized carbons (Fsp3) is 0.300. The summed E-state index contributed by atoms with van der Waals surface area (Å²) in [5, 5.41) is -0.0421. The zero-order valence-corrected chi connectivity index (χ0v) is 8.69. The average molecular weight is 217 g/mol. The van der Waals surface area contributed by atoms with Crippen molar-refractivity contribution in [3.63, 3.8) is 0 Å². The van der Waals surface area contributed by atoms with Gasteiger partial charge in [-0.05, 0) is 19.1 Å². The van der Waals surface area contributed by atoms with E-state index in [0.29, 0.717) is 11.3 Å². The quantitative estimate of drug-likeness (QED) is 0.777. The minimum atomic E-state index is -0.538. The number of Topliss-reactive ketones (excluding diaryl/α,β-unsaturated/α-hetero) is 1. The van der Waals surface area contributed by atoms with Gasteiger partial charge in [-0.1, -0.05) is 11.6 Å². The Labute approximate surface area is 86.6 Å². The fourth-order valence-electron chi connectivity index (χ4n) is 1.18. The lowest BCUT2D eigenvalue weighted by Crippen LogP contribution is -2.01. The molecule has 0 aliphatic heterocycles. The third kappa shape index (κ3) is 2.23. The Bertz CT molecular complexity index is 363. The second kappa shape index (κ2) is 4.42. The predicted molar refractivity (Wildman–Crippen MR) is 52.3 cm³/mol.